The second-order valence-corrected chi connectivity index (χ2v) is 3.94. The van der Waals surface area contributed by atoms with E-state index < -0.39 is 10.9 Å². The first-order valence-electron chi connectivity index (χ1n) is 5.74. The van der Waals surface area contributed by atoms with Crippen LogP contribution in [-0.2, 0) is 0 Å². The van der Waals surface area contributed by atoms with E-state index in [9.17, 15) is 14.9 Å². The van der Waals surface area contributed by atoms with Crippen molar-refractivity contribution in [1.29, 1.82) is 0 Å². The number of hydrogen-bond donors (Lipinski definition) is 2. The lowest BCUT2D eigenvalue weighted by Gasteiger charge is -2.15. The maximum absolute atomic E-state index is 11.1. The summed E-state index contributed by atoms with van der Waals surface area (Å²) in [6, 6.07) is 3.18. The maximum atomic E-state index is 11.1. The molecule has 1 aromatic rings. The van der Waals surface area contributed by atoms with Crippen LogP contribution in [0.2, 0.25) is 0 Å². The lowest BCUT2D eigenvalue weighted by molar-refractivity contribution is -0.384. The molecular weight excluding hydrogens is 248 g/mol. The number of anilines is 1. The Morgan fingerprint density at radius 3 is 2.79 bits per heavy atom. The Morgan fingerprint density at radius 2 is 2.32 bits per heavy atom. The molecule has 6 heteroatoms. The highest BCUT2D eigenvalue weighted by Crippen LogP contribution is 2.24. The number of benzene rings is 1. The molecule has 1 aromatic carbocycles. The van der Waals surface area contributed by atoms with Gasteiger partial charge in [0.05, 0.1) is 22.2 Å². The number of carboxylic acids is 1. The van der Waals surface area contributed by atoms with Gasteiger partial charge in [-0.1, -0.05) is 19.3 Å². The molecule has 0 aliphatic rings. The average Bonchev–Trinajstić information content (AvgIpc) is 2.37. The predicted molar refractivity (Wildman–Crippen MR) is 71.2 cm³/mol. The number of nitro benzene ring substituents is 1. The van der Waals surface area contributed by atoms with Crippen molar-refractivity contribution in [3.05, 3.63) is 33.9 Å². The Morgan fingerprint density at radius 1 is 1.63 bits per heavy atom. The fraction of sp³-hybridized carbons (Fsp3) is 0.308. The van der Waals surface area contributed by atoms with Crippen molar-refractivity contribution in [3.8, 4) is 12.3 Å². The average molecular weight is 262 g/mol. The molecule has 0 fully saturated rings. The lowest BCUT2D eigenvalue weighted by atomic mass is 10.1. The van der Waals surface area contributed by atoms with Crippen molar-refractivity contribution in [2.75, 3.05) is 5.32 Å². The van der Waals surface area contributed by atoms with E-state index in [1.165, 1.54) is 12.1 Å². The van der Waals surface area contributed by atoms with Crippen LogP contribution >= 0.6 is 0 Å². The van der Waals surface area contributed by atoms with Crippen LogP contribution < -0.4 is 5.32 Å². The molecule has 19 heavy (non-hydrogen) atoms. The predicted octanol–water partition coefficient (Wildman–Crippen LogP) is 2.51. The van der Waals surface area contributed by atoms with Gasteiger partial charge in [-0.25, -0.2) is 4.79 Å². The topological polar surface area (TPSA) is 92.5 Å². The number of rotatable bonds is 6. The smallest absolute Gasteiger partial charge is 0.337 e. The quantitative estimate of drug-likeness (QED) is 0.467. The molecule has 0 saturated heterocycles. The molecule has 0 aliphatic carbocycles. The van der Waals surface area contributed by atoms with Crippen molar-refractivity contribution in [3.63, 3.8) is 0 Å². The zero-order valence-electron chi connectivity index (χ0n) is 10.4. The van der Waals surface area contributed by atoms with E-state index in [1.54, 1.807) is 0 Å². The molecule has 1 atom stereocenters. The number of hydrogen-bond acceptors (Lipinski definition) is 4. The summed E-state index contributed by atoms with van der Waals surface area (Å²) in [5.74, 6) is 1.33. The van der Waals surface area contributed by atoms with E-state index in [4.69, 9.17) is 11.5 Å². The van der Waals surface area contributed by atoms with E-state index >= 15 is 0 Å². The third kappa shape index (κ3) is 3.71. The Balaban J connectivity index is 3.14. The number of nitrogens with zero attached hydrogens (tertiary/aromatic N) is 1. The molecular formula is C13H14N2O4. The summed E-state index contributed by atoms with van der Waals surface area (Å²) in [6.07, 6.45) is 6.81. The van der Waals surface area contributed by atoms with Crippen molar-refractivity contribution in [1.82, 2.24) is 0 Å². The Hall–Kier alpha value is -2.55. The number of aromatic carboxylic acids is 1. The van der Waals surface area contributed by atoms with Gasteiger partial charge >= 0.3 is 5.97 Å². The summed E-state index contributed by atoms with van der Waals surface area (Å²) < 4.78 is 0. The first kappa shape index (κ1) is 14.5. The van der Waals surface area contributed by atoms with Gasteiger partial charge in [-0.2, -0.15) is 0 Å². The molecule has 0 radical (unpaired) electrons. The number of nitro groups is 1. The molecule has 100 valence electrons. The van der Waals surface area contributed by atoms with Crippen molar-refractivity contribution < 1.29 is 14.8 Å². The van der Waals surface area contributed by atoms with Crippen molar-refractivity contribution >= 4 is 17.3 Å². The van der Waals surface area contributed by atoms with Crippen LogP contribution in [0.3, 0.4) is 0 Å². The van der Waals surface area contributed by atoms with E-state index in [0.717, 1.165) is 12.5 Å². The number of non-ortho nitro benzene ring substituents is 1. The van der Waals surface area contributed by atoms with Gasteiger partial charge in [-0.05, 0) is 12.5 Å². The van der Waals surface area contributed by atoms with Crippen LogP contribution in [-0.4, -0.2) is 22.0 Å². The molecule has 0 heterocycles. The second kappa shape index (κ2) is 6.40. The molecule has 0 aromatic heterocycles. The van der Waals surface area contributed by atoms with Crippen LogP contribution in [0, 0.1) is 22.5 Å². The molecule has 0 spiro atoms. The molecule has 0 bridgehead atoms. The monoisotopic (exact) mass is 262 g/mol. The third-order valence-electron chi connectivity index (χ3n) is 2.55. The minimum Gasteiger partial charge on any atom is -0.478 e. The summed E-state index contributed by atoms with van der Waals surface area (Å²) in [5, 5.41) is 22.6. The zero-order valence-corrected chi connectivity index (χ0v) is 10.4. The highest BCUT2D eigenvalue weighted by atomic mass is 16.6. The minimum atomic E-state index is -1.16. The Kier molecular flexibility index (Phi) is 4.89. The SMILES string of the molecule is C#CC(CCC)Nc1cc([N+](=O)[O-])ccc1C(=O)O. The van der Waals surface area contributed by atoms with Gasteiger partial charge in [0.1, 0.15) is 0 Å². The number of terminal acetylenes is 1. The number of carboxylic acid groups (broad SMARTS) is 1. The molecule has 0 amide bonds. The second-order valence-electron chi connectivity index (χ2n) is 3.94. The van der Waals surface area contributed by atoms with E-state index in [2.05, 4.69) is 11.2 Å². The number of carbonyl (C=O) groups is 1. The third-order valence-corrected chi connectivity index (χ3v) is 2.55. The molecule has 2 N–H and O–H groups in total. The Bertz CT molecular complexity index is 534. The highest BCUT2D eigenvalue weighted by Gasteiger charge is 2.17. The molecule has 0 saturated carbocycles. The molecule has 1 rings (SSSR count). The fourth-order valence-electron chi connectivity index (χ4n) is 1.63. The normalized spacial score (nSPS) is 11.4. The lowest BCUT2D eigenvalue weighted by Crippen LogP contribution is -2.19. The highest BCUT2D eigenvalue weighted by molar-refractivity contribution is 5.94. The standard InChI is InChI=1S/C13H14N2O4/c1-3-5-9(4-2)14-12-8-10(15(18)19)6-7-11(12)13(16)17/h2,6-9,14H,3,5H2,1H3,(H,16,17). The van der Waals surface area contributed by atoms with E-state index in [0.29, 0.717) is 6.42 Å². The molecule has 1 unspecified atom stereocenters. The summed E-state index contributed by atoms with van der Waals surface area (Å²) in [4.78, 5) is 21.2. The van der Waals surface area contributed by atoms with Gasteiger partial charge in [0.15, 0.2) is 0 Å². The summed E-state index contributed by atoms with van der Waals surface area (Å²) in [5.41, 5.74) is -0.0557. The van der Waals surface area contributed by atoms with Crippen LogP contribution in [0.15, 0.2) is 18.2 Å². The fourth-order valence-corrected chi connectivity index (χ4v) is 1.63. The van der Waals surface area contributed by atoms with Gasteiger partial charge < -0.3 is 10.4 Å². The van der Waals surface area contributed by atoms with E-state index in [-0.39, 0.29) is 23.0 Å². The van der Waals surface area contributed by atoms with Gasteiger partial charge in [0.2, 0.25) is 0 Å². The first-order valence-corrected chi connectivity index (χ1v) is 5.74. The van der Waals surface area contributed by atoms with Crippen LogP contribution in [0.5, 0.6) is 0 Å². The summed E-state index contributed by atoms with van der Waals surface area (Å²) in [6.45, 7) is 1.94. The van der Waals surface area contributed by atoms with Crippen molar-refractivity contribution in [2.45, 2.75) is 25.8 Å². The van der Waals surface area contributed by atoms with Gasteiger partial charge in [0, 0.05) is 12.1 Å². The van der Waals surface area contributed by atoms with Gasteiger partial charge in [0.25, 0.3) is 5.69 Å². The van der Waals surface area contributed by atoms with Crippen LogP contribution in [0.25, 0.3) is 0 Å². The largest absolute Gasteiger partial charge is 0.478 e. The van der Waals surface area contributed by atoms with Gasteiger partial charge in [-0.3, -0.25) is 10.1 Å². The van der Waals surface area contributed by atoms with Crippen LogP contribution in [0.4, 0.5) is 11.4 Å². The Labute approximate surface area is 110 Å². The first-order chi connectivity index (χ1) is 8.99. The number of nitrogens with one attached hydrogen (secondary N) is 1. The minimum absolute atomic E-state index is 0.0399. The van der Waals surface area contributed by atoms with Crippen molar-refractivity contribution in [2.24, 2.45) is 0 Å². The summed E-state index contributed by atoms with van der Waals surface area (Å²) in [7, 11) is 0. The summed E-state index contributed by atoms with van der Waals surface area (Å²) >= 11 is 0. The zero-order chi connectivity index (χ0) is 14.4. The van der Waals surface area contributed by atoms with Crippen LogP contribution in [0.1, 0.15) is 30.1 Å². The maximum Gasteiger partial charge on any atom is 0.337 e. The molecule has 6 nitrogen and oxygen atoms in total. The molecule has 0 aliphatic heterocycles. The van der Waals surface area contributed by atoms with Gasteiger partial charge in [-0.15, -0.1) is 6.42 Å². The van der Waals surface area contributed by atoms with E-state index in [1.807, 2.05) is 6.92 Å².